The third-order valence-electron chi connectivity index (χ3n) is 3.27. The van der Waals surface area contributed by atoms with Gasteiger partial charge in [-0.15, -0.1) is 0 Å². The van der Waals surface area contributed by atoms with Crippen LogP contribution in [0.15, 0.2) is 30.5 Å². The number of hydrogen-bond acceptors (Lipinski definition) is 5. The molecule has 118 valence electrons. The van der Waals surface area contributed by atoms with Crippen molar-refractivity contribution in [1.29, 1.82) is 0 Å². The number of nitrogen functional groups attached to an aromatic ring is 1. The van der Waals surface area contributed by atoms with Crippen LogP contribution in [0.5, 0.6) is 0 Å². The number of benzene rings is 1. The van der Waals surface area contributed by atoms with Gasteiger partial charge in [0.15, 0.2) is 0 Å². The molecular formula is C16H22ClN5. The van der Waals surface area contributed by atoms with E-state index in [1.807, 2.05) is 24.3 Å². The molecule has 0 saturated carbocycles. The Labute approximate surface area is 136 Å². The van der Waals surface area contributed by atoms with Crippen molar-refractivity contribution in [3.05, 3.63) is 35.5 Å². The first-order valence-corrected chi connectivity index (χ1v) is 7.71. The number of hydrogen-bond donors (Lipinski definition) is 2. The van der Waals surface area contributed by atoms with Crippen molar-refractivity contribution in [1.82, 2.24) is 14.9 Å². The molecule has 0 aliphatic heterocycles. The standard InChI is InChI=1S/C16H22ClN5/c1-22(2)9-4-3-8-19-15-14(11-20-16(18)21-15)12-6-5-7-13(17)10-12/h5-7,10-11H,3-4,8-9H2,1-2H3,(H3,18,19,20,21). The molecule has 0 aliphatic rings. The monoisotopic (exact) mass is 319 g/mol. The van der Waals surface area contributed by atoms with Gasteiger partial charge in [0.2, 0.25) is 5.95 Å². The van der Waals surface area contributed by atoms with Crippen molar-refractivity contribution in [2.24, 2.45) is 0 Å². The SMILES string of the molecule is CN(C)CCCCNc1nc(N)ncc1-c1cccc(Cl)c1. The van der Waals surface area contributed by atoms with Crippen molar-refractivity contribution >= 4 is 23.4 Å². The first-order valence-electron chi connectivity index (χ1n) is 7.33. The summed E-state index contributed by atoms with van der Waals surface area (Å²) in [5, 5.41) is 4.04. The Hall–Kier alpha value is -1.85. The van der Waals surface area contributed by atoms with Crippen LogP contribution in [-0.4, -0.2) is 42.1 Å². The van der Waals surface area contributed by atoms with Crippen LogP contribution in [-0.2, 0) is 0 Å². The number of halogens is 1. The van der Waals surface area contributed by atoms with E-state index in [2.05, 4.69) is 34.3 Å². The normalized spacial score (nSPS) is 10.9. The van der Waals surface area contributed by atoms with Gasteiger partial charge in [0.25, 0.3) is 0 Å². The Morgan fingerprint density at radius 1 is 1.27 bits per heavy atom. The zero-order chi connectivity index (χ0) is 15.9. The topological polar surface area (TPSA) is 67.1 Å². The third kappa shape index (κ3) is 4.86. The molecule has 0 unspecified atom stereocenters. The van der Waals surface area contributed by atoms with Gasteiger partial charge < -0.3 is 16.0 Å². The molecule has 1 heterocycles. The van der Waals surface area contributed by atoms with Crippen LogP contribution < -0.4 is 11.1 Å². The molecule has 0 radical (unpaired) electrons. The molecule has 0 fully saturated rings. The number of anilines is 2. The second-order valence-electron chi connectivity index (χ2n) is 5.44. The van der Waals surface area contributed by atoms with Gasteiger partial charge >= 0.3 is 0 Å². The van der Waals surface area contributed by atoms with E-state index in [4.69, 9.17) is 17.3 Å². The number of nitrogens with two attached hydrogens (primary N) is 1. The summed E-state index contributed by atoms with van der Waals surface area (Å²) >= 11 is 6.06. The highest BCUT2D eigenvalue weighted by Crippen LogP contribution is 2.28. The lowest BCUT2D eigenvalue weighted by molar-refractivity contribution is 0.396. The van der Waals surface area contributed by atoms with Crippen molar-refractivity contribution < 1.29 is 0 Å². The highest BCUT2D eigenvalue weighted by molar-refractivity contribution is 6.30. The Kier molecular flexibility index (Phi) is 5.98. The fraction of sp³-hybridized carbons (Fsp3) is 0.375. The van der Waals surface area contributed by atoms with Gasteiger partial charge in [-0.3, -0.25) is 0 Å². The maximum Gasteiger partial charge on any atom is 0.221 e. The lowest BCUT2D eigenvalue weighted by atomic mass is 10.1. The van der Waals surface area contributed by atoms with E-state index < -0.39 is 0 Å². The summed E-state index contributed by atoms with van der Waals surface area (Å²) in [4.78, 5) is 10.6. The number of nitrogens with one attached hydrogen (secondary N) is 1. The fourth-order valence-corrected chi connectivity index (χ4v) is 2.35. The third-order valence-corrected chi connectivity index (χ3v) is 3.50. The van der Waals surface area contributed by atoms with Gasteiger partial charge in [0.1, 0.15) is 5.82 Å². The largest absolute Gasteiger partial charge is 0.369 e. The molecule has 0 saturated heterocycles. The molecule has 1 aromatic carbocycles. The van der Waals surface area contributed by atoms with Crippen LogP contribution in [0.4, 0.5) is 11.8 Å². The molecule has 3 N–H and O–H groups in total. The van der Waals surface area contributed by atoms with Gasteiger partial charge in [-0.05, 0) is 51.2 Å². The smallest absolute Gasteiger partial charge is 0.221 e. The summed E-state index contributed by atoms with van der Waals surface area (Å²) in [6, 6.07) is 7.64. The van der Waals surface area contributed by atoms with Crippen molar-refractivity contribution in [3.63, 3.8) is 0 Å². The number of aromatic nitrogens is 2. The lowest BCUT2D eigenvalue weighted by Gasteiger charge is -2.13. The molecular weight excluding hydrogens is 298 g/mol. The van der Waals surface area contributed by atoms with E-state index in [1.165, 1.54) is 0 Å². The molecule has 1 aromatic heterocycles. The van der Waals surface area contributed by atoms with Crippen molar-refractivity contribution in [2.45, 2.75) is 12.8 Å². The van der Waals surface area contributed by atoms with E-state index in [1.54, 1.807) is 6.20 Å². The number of nitrogens with zero attached hydrogens (tertiary/aromatic N) is 3. The Morgan fingerprint density at radius 3 is 2.82 bits per heavy atom. The van der Waals surface area contributed by atoms with E-state index in [-0.39, 0.29) is 5.95 Å². The average molecular weight is 320 g/mol. The minimum absolute atomic E-state index is 0.265. The summed E-state index contributed by atoms with van der Waals surface area (Å²) < 4.78 is 0. The lowest BCUT2D eigenvalue weighted by Crippen LogP contribution is -2.14. The summed E-state index contributed by atoms with van der Waals surface area (Å²) in [6.07, 6.45) is 3.93. The Bertz CT molecular complexity index is 615. The molecule has 0 atom stereocenters. The zero-order valence-corrected chi connectivity index (χ0v) is 13.8. The second kappa shape index (κ2) is 7.96. The summed E-state index contributed by atoms with van der Waals surface area (Å²) in [7, 11) is 4.16. The van der Waals surface area contributed by atoms with Gasteiger partial charge in [-0.25, -0.2) is 4.98 Å². The molecule has 0 amide bonds. The van der Waals surface area contributed by atoms with Crippen LogP contribution in [0, 0.1) is 0 Å². The minimum atomic E-state index is 0.265. The molecule has 0 aliphatic carbocycles. The van der Waals surface area contributed by atoms with Crippen LogP contribution >= 0.6 is 11.6 Å². The molecule has 22 heavy (non-hydrogen) atoms. The molecule has 5 nitrogen and oxygen atoms in total. The highest BCUT2D eigenvalue weighted by Gasteiger charge is 2.08. The van der Waals surface area contributed by atoms with Crippen LogP contribution in [0.3, 0.4) is 0 Å². The average Bonchev–Trinajstić information content (AvgIpc) is 2.46. The predicted octanol–water partition coefficient (Wildman–Crippen LogP) is 3.13. The summed E-state index contributed by atoms with van der Waals surface area (Å²) in [6.45, 7) is 1.92. The Balaban J connectivity index is 2.08. The quantitative estimate of drug-likeness (QED) is 0.767. The number of rotatable bonds is 7. The molecule has 6 heteroatoms. The zero-order valence-electron chi connectivity index (χ0n) is 13.0. The minimum Gasteiger partial charge on any atom is -0.369 e. The van der Waals surface area contributed by atoms with Gasteiger partial charge in [0.05, 0.1) is 0 Å². The first kappa shape index (κ1) is 16.5. The van der Waals surface area contributed by atoms with Crippen LogP contribution in [0.1, 0.15) is 12.8 Å². The van der Waals surface area contributed by atoms with Crippen LogP contribution in [0.2, 0.25) is 5.02 Å². The van der Waals surface area contributed by atoms with E-state index >= 15 is 0 Å². The van der Waals surface area contributed by atoms with Gasteiger partial charge in [-0.2, -0.15) is 4.98 Å². The predicted molar refractivity (Wildman–Crippen MR) is 93.2 cm³/mol. The molecule has 2 aromatic rings. The maximum absolute atomic E-state index is 6.06. The van der Waals surface area contributed by atoms with E-state index in [0.717, 1.165) is 42.9 Å². The first-order chi connectivity index (χ1) is 10.6. The fourth-order valence-electron chi connectivity index (χ4n) is 2.16. The summed E-state index contributed by atoms with van der Waals surface area (Å²) in [5.74, 6) is 1.01. The van der Waals surface area contributed by atoms with E-state index in [9.17, 15) is 0 Å². The summed E-state index contributed by atoms with van der Waals surface area (Å²) in [5.41, 5.74) is 7.59. The maximum atomic E-state index is 6.06. The molecule has 2 rings (SSSR count). The molecule has 0 spiro atoms. The number of unbranched alkanes of at least 4 members (excludes halogenated alkanes) is 1. The highest BCUT2D eigenvalue weighted by atomic mass is 35.5. The van der Waals surface area contributed by atoms with Crippen LogP contribution in [0.25, 0.3) is 11.1 Å². The molecule has 0 bridgehead atoms. The second-order valence-corrected chi connectivity index (χ2v) is 5.87. The van der Waals surface area contributed by atoms with Gasteiger partial charge in [0, 0.05) is 23.3 Å². The van der Waals surface area contributed by atoms with Crippen molar-refractivity contribution in [3.8, 4) is 11.1 Å². The Morgan fingerprint density at radius 2 is 2.09 bits per heavy atom. The van der Waals surface area contributed by atoms with E-state index in [0.29, 0.717) is 5.02 Å². The van der Waals surface area contributed by atoms with Gasteiger partial charge in [-0.1, -0.05) is 23.7 Å². The van der Waals surface area contributed by atoms with Crippen molar-refractivity contribution in [2.75, 3.05) is 38.2 Å².